The van der Waals surface area contributed by atoms with E-state index in [1.165, 1.54) is 0 Å². The second-order valence-corrected chi connectivity index (χ2v) is 10.6. The van der Waals surface area contributed by atoms with Gasteiger partial charge in [-0.15, -0.1) is 29.8 Å². The van der Waals surface area contributed by atoms with Gasteiger partial charge in [0.25, 0.3) is 0 Å². The van der Waals surface area contributed by atoms with Crippen LogP contribution in [0.15, 0.2) is 73.2 Å². The molecule has 7 nitrogen and oxygen atoms in total. The van der Waals surface area contributed by atoms with Gasteiger partial charge in [0.15, 0.2) is 0 Å². The van der Waals surface area contributed by atoms with Crippen molar-refractivity contribution in [2.45, 2.75) is 26.2 Å². The molecule has 202 valence electrons. The number of benzene rings is 3. The maximum atomic E-state index is 9.58. The third-order valence-electron chi connectivity index (χ3n) is 6.88. The van der Waals surface area contributed by atoms with Crippen molar-refractivity contribution in [3.05, 3.63) is 108 Å². The largest absolute Gasteiger partial charge is 2.00 e. The number of nitriles is 1. The number of nitrogens with zero attached hydrogens (tertiary/aromatic N) is 6. The molecule has 0 atom stereocenters. The number of imidazole rings is 1. The van der Waals surface area contributed by atoms with E-state index >= 15 is 0 Å². The van der Waals surface area contributed by atoms with Gasteiger partial charge >= 0.3 is 21.1 Å². The number of aryl methyl sites for hydroxylation is 1. The van der Waals surface area contributed by atoms with Crippen molar-refractivity contribution >= 4 is 27.5 Å². The summed E-state index contributed by atoms with van der Waals surface area (Å²) in [6, 6.07) is 25.9. The SMILES string of the molecule is [C-]#[N+]c1cc2c3cc(C#N)ccc3n(-c3cc(C(C)(C)C)ccn3)c2[c-]c1Oc1[c-]c(-c2nccn2C)ccc1.[Pt+2]. The monoisotopic (exact) mass is 715 g/mol. The summed E-state index contributed by atoms with van der Waals surface area (Å²) in [6.45, 7) is 14.4. The van der Waals surface area contributed by atoms with Crippen LogP contribution in [0.3, 0.4) is 0 Å². The van der Waals surface area contributed by atoms with Gasteiger partial charge in [-0.1, -0.05) is 43.8 Å². The molecule has 0 amide bonds. The van der Waals surface area contributed by atoms with Gasteiger partial charge < -0.3 is 13.9 Å². The Balaban J connectivity index is 0.00000337. The number of rotatable bonds is 4. The van der Waals surface area contributed by atoms with Crippen molar-refractivity contribution in [1.82, 2.24) is 19.1 Å². The van der Waals surface area contributed by atoms with E-state index in [-0.39, 0.29) is 32.2 Å². The van der Waals surface area contributed by atoms with Crippen LogP contribution in [0.1, 0.15) is 31.9 Å². The van der Waals surface area contributed by atoms with Crippen molar-refractivity contribution in [2.24, 2.45) is 7.05 Å². The van der Waals surface area contributed by atoms with Crippen LogP contribution in [0.2, 0.25) is 0 Å². The molecule has 0 radical (unpaired) electrons. The Morgan fingerprint density at radius 1 is 1.00 bits per heavy atom. The van der Waals surface area contributed by atoms with Crippen LogP contribution in [0.5, 0.6) is 11.5 Å². The van der Waals surface area contributed by atoms with Gasteiger partial charge in [0, 0.05) is 36.9 Å². The van der Waals surface area contributed by atoms with Crippen molar-refractivity contribution in [3.63, 3.8) is 0 Å². The maximum absolute atomic E-state index is 9.58. The van der Waals surface area contributed by atoms with Crippen LogP contribution >= 0.6 is 0 Å². The molecule has 41 heavy (non-hydrogen) atoms. The molecule has 0 bridgehead atoms. The first-order valence-corrected chi connectivity index (χ1v) is 12.7. The van der Waals surface area contributed by atoms with E-state index in [0.29, 0.717) is 22.5 Å². The number of aromatic nitrogens is 4. The van der Waals surface area contributed by atoms with Gasteiger partial charge in [-0.2, -0.15) is 5.26 Å². The molecule has 0 saturated heterocycles. The molecule has 0 fully saturated rings. The fourth-order valence-corrected chi connectivity index (χ4v) is 4.81. The van der Waals surface area contributed by atoms with Gasteiger partial charge in [0.2, 0.25) is 5.69 Å². The average Bonchev–Trinajstić information content (AvgIpc) is 3.52. The predicted octanol–water partition coefficient (Wildman–Crippen LogP) is 7.69. The zero-order valence-electron chi connectivity index (χ0n) is 22.8. The normalized spacial score (nSPS) is 11.2. The summed E-state index contributed by atoms with van der Waals surface area (Å²) >= 11 is 0. The standard InChI is InChI=1S/C33H24N6O.Pt/c1-33(2,3)23-11-12-36-31(17-23)39-28-10-9-21(20-34)15-25(28)26-18-27(35-4)30(19-29(26)39)40-24-8-6-7-22(16-24)32-37-13-14-38(32)5;/h6-15,17-18H,1-3,5H3;/q-2;+2. The van der Waals surface area contributed by atoms with Crippen molar-refractivity contribution in [2.75, 3.05) is 0 Å². The third kappa shape index (κ3) is 5.02. The van der Waals surface area contributed by atoms with Crippen molar-refractivity contribution < 1.29 is 25.8 Å². The van der Waals surface area contributed by atoms with E-state index in [2.05, 4.69) is 54.9 Å². The first-order valence-electron chi connectivity index (χ1n) is 12.7. The van der Waals surface area contributed by atoms with E-state index in [1.807, 2.05) is 52.7 Å². The number of hydrogen-bond acceptors (Lipinski definition) is 4. The van der Waals surface area contributed by atoms with E-state index in [9.17, 15) is 5.26 Å². The summed E-state index contributed by atoms with van der Waals surface area (Å²) in [6.07, 6.45) is 5.41. The molecular formula is C33H24N6OPt. The molecule has 3 heterocycles. The second-order valence-electron chi connectivity index (χ2n) is 10.6. The van der Waals surface area contributed by atoms with Crippen molar-refractivity contribution in [3.8, 4) is 34.8 Å². The van der Waals surface area contributed by atoms with Crippen LogP contribution in [0, 0.1) is 30.0 Å². The Kier molecular flexibility index (Phi) is 7.26. The van der Waals surface area contributed by atoms with Gasteiger partial charge in [-0.25, -0.2) is 9.83 Å². The van der Waals surface area contributed by atoms with Gasteiger partial charge in [0.1, 0.15) is 18.1 Å². The number of hydrogen-bond donors (Lipinski definition) is 0. The summed E-state index contributed by atoms with van der Waals surface area (Å²) in [7, 11) is 1.92. The Labute approximate surface area is 252 Å². The third-order valence-corrected chi connectivity index (χ3v) is 6.88. The molecule has 3 aromatic heterocycles. The molecule has 0 aliphatic rings. The zero-order chi connectivity index (χ0) is 28.0. The molecule has 0 aliphatic carbocycles. The minimum atomic E-state index is -0.0757. The molecule has 0 N–H and O–H groups in total. The first-order chi connectivity index (χ1) is 19.3. The average molecular weight is 716 g/mol. The summed E-state index contributed by atoms with van der Waals surface area (Å²) in [5, 5.41) is 11.2. The molecular weight excluding hydrogens is 691 g/mol. The fourth-order valence-electron chi connectivity index (χ4n) is 4.81. The first kappa shape index (κ1) is 27.8. The minimum Gasteiger partial charge on any atom is -0.495 e. The van der Waals surface area contributed by atoms with Crippen LogP contribution in [-0.4, -0.2) is 19.1 Å². The molecule has 0 spiro atoms. The Morgan fingerprint density at radius 3 is 2.54 bits per heavy atom. The molecule has 6 aromatic rings. The Bertz CT molecular complexity index is 2020. The smallest absolute Gasteiger partial charge is 0.495 e. The summed E-state index contributed by atoms with van der Waals surface area (Å²) < 4.78 is 10.2. The molecule has 3 aromatic carbocycles. The zero-order valence-corrected chi connectivity index (χ0v) is 25.1. The number of ether oxygens (including phenoxy) is 1. The van der Waals surface area contributed by atoms with Gasteiger partial charge in [-0.3, -0.25) is 4.98 Å². The fraction of sp³-hybridized carbons (Fsp3) is 0.152. The van der Waals surface area contributed by atoms with E-state index in [1.54, 1.807) is 30.6 Å². The van der Waals surface area contributed by atoms with Crippen molar-refractivity contribution in [1.29, 1.82) is 5.26 Å². The van der Waals surface area contributed by atoms with E-state index in [4.69, 9.17) is 16.3 Å². The van der Waals surface area contributed by atoms with Crippen LogP contribution < -0.4 is 4.74 Å². The summed E-state index contributed by atoms with van der Waals surface area (Å²) in [5.41, 5.74) is 4.24. The minimum absolute atomic E-state index is 0. The predicted molar refractivity (Wildman–Crippen MR) is 155 cm³/mol. The second kappa shape index (κ2) is 10.7. The van der Waals surface area contributed by atoms with Crippen LogP contribution in [0.4, 0.5) is 5.69 Å². The van der Waals surface area contributed by atoms with Gasteiger partial charge in [-0.05, 0) is 46.7 Å². The molecule has 8 heteroatoms. The Hall–Kier alpha value is -4.71. The number of fused-ring (bicyclic) bond motifs is 3. The number of pyridine rings is 1. The maximum Gasteiger partial charge on any atom is 2.00 e. The van der Waals surface area contributed by atoms with E-state index in [0.717, 1.165) is 39.1 Å². The quantitative estimate of drug-likeness (QED) is 0.176. The van der Waals surface area contributed by atoms with E-state index < -0.39 is 0 Å². The summed E-state index contributed by atoms with van der Waals surface area (Å²) in [4.78, 5) is 12.9. The van der Waals surface area contributed by atoms with Crippen LogP contribution in [0.25, 0.3) is 43.9 Å². The molecule has 6 rings (SSSR count). The van der Waals surface area contributed by atoms with Crippen LogP contribution in [-0.2, 0) is 33.5 Å². The Morgan fingerprint density at radius 2 is 1.83 bits per heavy atom. The van der Waals surface area contributed by atoms with Gasteiger partial charge in [0.05, 0.1) is 17.5 Å². The molecule has 0 saturated carbocycles. The summed E-state index contributed by atoms with van der Waals surface area (Å²) in [5.74, 6) is 2.21. The molecule has 0 aliphatic heterocycles. The topological polar surface area (TPSA) is 73.0 Å². The molecule has 0 unspecified atom stereocenters.